The number of amides is 1. The minimum absolute atomic E-state index is 0.0229. The predicted molar refractivity (Wildman–Crippen MR) is 139 cm³/mol. The molecule has 1 atom stereocenters. The van der Waals surface area contributed by atoms with E-state index in [1.165, 1.54) is 0 Å². The molecule has 3 heterocycles. The van der Waals surface area contributed by atoms with Gasteiger partial charge in [-0.15, -0.1) is 0 Å². The Labute approximate surface area is 211 Å². The van der Waals surface area contributed by atoms with Crippen molar-refractivity contribution in [2.45, 2.75) is 37.0 Å². The summed E-state index contributed by atoms with van der Waals surface area (Å²) >= 11 is 6.04. The maximum Gasteiger partial charge on any atom is 0.243 e. The third-order valence-corrected chi connectivity index (χ3v) is 8.94. The fraction of sp³-hybridized carbons (Fsp3) is 0.385. The van der Waals surface area contributed by atoms with Gasteiger partial charge in [-0.2, -0.15) is 4.31 Å². The summed E-state index contributed by atoms with van der Waals surface area (Å²) in [6, 6.07) is 16.1. The Hall–Kier alpha value is -2.68. The summed E-state index contributed by atoms with van der Waals surface area (Å²) in [5, 5.41) is 4.34. The lowest BCUT2D eigenvalue weighted by atomic mass is 9.97. The maximum absolute atomic E-state index is 13.0. The maximum atomic E-state index is 13.0. The van der Waals surface area contributed by atoms with E-state index in [9.17, 15) is 13.2 Å². The first-order valence-electron chi connectivity index (χ1n) is 12.1. The van der Waals surface area contributed by atoms with E-state index in [2.05, 4.69) is 10.2 Å². The molecule has 2 saturated heterocycles. The highest BCUT2D eigenvalue weighted by Crippen LogP contribution is 2.28. The summed E-state index contributed by atoms with van der Waals surface area (Å²) in [5.74, 6) is 0.618. The van der Waals surface area contributed by atoms with Crippen LogP contribution in [0.25, 0.3) is 10.9 Å². The van der Waals surface area contributed by atoms with Gasteiger partial charge in [0.25, 0.3) is 0 Å². The number of carbonyl (C=O) groups is 1. The zero-order valence-electron chi connectivity index (χ0n) is 19.5. The van der Waals surface area contributed by atoms with Gasteiger partial charge in [0.2, 0.25) is 15.9 Å². The highest BCUT2D eigenvalue weighted by Gasteiger charge is 2.28. The number of benzene rings is 2. The van der Waals surface area contributed by atoms with Gasteiger partial charge in [-0.25, -0.2) is 13.4 Å². The van der Waals surface area contributed by atoms with Gasteiger partial charge in [-0.3, -0.25) is 4.79 Å². The van der Waals surface area contributed by atoms with E-state index >= 15 is 0 Å². The molecular formula is C26H29ClN4O3S. The average molecular weight is 513 g/mol. The fourth-order valence-corrected chi connectivity index (χ4v) is 6.64. The Morgan fingerprint density at radius 2 is 1.80 bits per heavy atom. The number of hydrogen-bond donors (Lipinski definition) is 1. The standard InChI is InChI=1S/C26H29ClN4O3S/c27-21-7-4-8-22(17-21)28-26(32)20-6-5-13-30(18-20)25-12-9-19-16-23(10-11-24(19)29-25)35(33,34)31-14-2-1-3-15-31/h4,7-12,16-17,20H,1-3,5-6,13-15,18H2,(H,28,32)/t20-/m1/s1. The van der Waals surface area contributed by atoms with E-state index in [1.807, 2.05) is 24.3 Å². The molecule has 2 aliphatic heterocycles. The summed E-state index contributed by atoms with van der Waals surface area (Å²) < 4.78 is 27.7. The number of pyridine rings is 1. The quantitative estimate of drug-likeness (QED) is 0.524. The van der Waals surface area contributed by atoms with Crippen molar-refractivity contribution in [2.24, 2.45) is 5.92 Å². The molecule has 0 bridgehead atoms. The molecular weight excluding hydrogens is 484 g/mol. The number of piperidine rings is 2. The fourth-order valence-electron chi connectivity index (χ4n) is 4.89. The lowest BCUT2D eigenvalue weighted by molar-refractivity contribution is -0.120. The third-order valence-electron chi connectivity index (χ3n) is 6.81. The van der Waals surface area contributed by atoms with Gasteiger partial charge < -0.3 is 10.2 Å². The van der Waals surface area contributed by atoms with Crippen LogP contribution in [-0.4, -0.2) is 49.8 Å². The molecule has 3 aromatic rings. The number of carbonyl (C=O) groups excluding carboxylic acids is 1. The van der Waals surface area contributed by atoms with Crippen molar-refractivity contribution in [2.75, 3.05) is 36.4 Å². The molecule has 2 aliphatic rings. The van der Waals surface area contributed by atoms with Crippen LogP contribution in [0.3, 0.4) is 0 Å². The Kier molecular flexibility index (Phi) is 6.95. The molecule has 1 amide bonds. The van der Waals surface area contributed by atoms with E-state index in [0.29, 0.717) is 35.2 Å². The largest absolute Gasteiger partial charge is 0.356 e. The number of sulfonamides is 1. The SMILES string of the molecule is O=C(Nc1cccc(Cl)c1)[C@@H]1CCCN(c2ccc3cc(S(=O)(=O)N4CCCCC4)ccc3n2)C1. The molecule has 0 spiro atoms. The van der Waals surface area contributed by atoms with Gasteiger partial charge in [0.05, 0.1) is 16.3 Å². The summed E-state index contributed by atoms with van der Waals surface area (Å²) in [6.45, 7) is 2.56. The first-order valence-corrected chi connectivity index (χ1v) is 13.9. The van der Waals surface area contributed by atoms with Crippen LogP contribution in [0.1, 0.15) is 32.1 Å². The number of nitrogens with one attached hydrogen (secondary N) is 1. The lowest BCUT2D eigenvalue weighted by Gasteiger charge is -2.33. The van der Waals surface area contributed by atoms with E-state index in [4.69, 9.17) is 16.6 Å². The van der Waals surface area contributed by atoms with Crippen LogP contribution in [0.2, 0.25) is 5.02 Å². The molecule has 7 nitrogen and oxygen atoms in total. The molecule has 2 aromatic carbocycles. The minimum atomic E-state index is -3.49. The number of fused-ring (bicyclic) bond motifs is 1. The molecule has 9 heteroatoms. The van der Waals surface area contributed by atoms with E-state index in [0.717, 1.165) is 55.4 Å². The zero-order valence-corrected chi connectivity index (χ0v) is 21.1. The third kappa shape index (κ3) is 5.29. The van der Waals surface area contributed by atoms with Crippen molar-refractivity contribution in [1.29, 1.82) is 0 Å². The molecule has 0 aliphatic carbocycles. The number of rotatable bonds is 5. The average Bonchev–Trinajstić information content (AvgIpc) is 2.88. The van der Waals surface area contributed by atoms with E-state index < -0.39 is 10.0 Å². The second-order valence-electron chi connectivity index (χ2n) is 9.27. The van der Waals surface area contributed by atoms with Gasteiger partial charge in [0.15, 0.2) is 0 Å². The molecule has 0 radical (unpaired) electrons. The van der Waals surface area contributed by atoms with Crippen LogP contribution in [0.4, 0.5) is 11.5 Å². The first-order chi connectivity index (χ1) is 16.9. The van der Waals surface area contributed by atoms with Crippen LogP contribution in [0.15, 0.2) is 59.5 Å². The van der Waals surface area contributed by atoms with Crippen LogP contribution < -0.4 is 10.2 Å². The van der Waals surface area contributed by atoms with Gasteiger partial charge >= 0.3 is 0 Å². The van der Waals surface area contributed by atoms with Gasteiger partial charge in [-0.1, -0.05) is 24.1 Å². The molecule has 0 saturated carbocycles. The van der Waals surface area contributed by atoms with Crippen LogP contribution in [0.5, 0.6) is 0 Å². The number of aromatic nitrogens is 1. The van der Waals surface area contributed by atoms with Crippen molar-refractivity contribution >= 4 is 49.9 Å². The smallest absolute Gasteiger partial charge is 0.243 e. The molecule has 1 aromatic heterocycles. The Morgan fingerprint density at radius 3 is 2.60 bits per heavy atom. The Bertz CT molecular complexity index is 1340. The Morgan fingerprint density at radius 1 is 0.971 bits per heavy atom. The van der Waals surface area contributed by atoms with Crippen LogP contribution in [0, 0.1) is 5.92 Å². The van der Waals surface area contributed by atoms with Crippen molar-refractivity contribution in [3.05, 3.63) is 59.6 Å². The molecule has 1 N–H and O–H groups in total. The Balaban J connectivity index is 1.31. The lowest BCUT2D eigenvalue weighted by Crippen LogP contribution is -2.41. The minimum Gasteiger partial charge on any atom is -0.356 e. The van der Waals surface area contributed by atoms with E-state index in [1.54, 1.807) is 34.6 Å². The monoisotopic (exact) mass is 512 g/mol. The normalized spacial score (nSPS) is 19.6. The predicted octanol–water partition coefficient (Wildman–Crippen LogP) is 4.92. The second-order valence-corrected chi connectivity index (χ2v) is 11.6. The number of anilines is 2. The van der Waals surface area contributed by atoms with Crippen molar-refractivity contribution in [3.63, 3.8) is 0 Å². The summed E-state index contributed by atoms with van der Waals surface area (Å²) in [5.41, 5.74) is 1.43. The van der Waals surface area contributed by atoms with E-state index in [-0.39, 0.29) is 11.8 Å². The zero-order chi connectivity index (χ0) is 24.4. The second kappa shape index (κ2) is 10.1. The summed E-state index contributed by atoms with van der Waals surface area (Å²) in [7, 11) is -3.49. The van der Waals surface area contributed by atoms with Gasteiger partial charge in [0, 0.05) is 42.3 Å². The van der Waals surface area contributed by atoms with Crippen molar-refractivity contribution in [3.8, 4) is 0 Å². The van der Waals surface area contributed by atoms with Crippen molar-refractivity contribution < 1.29 is 13.2 Å². The summed E-state index contributed by atoms with van der Waals surface area (Å²) in [6.07, 6.45) is 4.60. The van der Waals surface area contributed by atoms with Gasteiger partial charge in [-0.05, 0) is 74.2 Å². The molecule has 0 unspecified atom stereocenters. The van der Waals surface area contributed by atoms with Crippen LogP contribution >= 0.6 is 11.6 Å². The molecule has 35 heavy (non-hydrogen) atoms. The molecule has 5 rings (SSSR count). The first kappa shape index (κ1) is 24.0. The highest BCUT2D eigenvalue weighted by molar-refractivity contribution is 7.89. The number of hydrogen-bond acceptors (Lipinski definition) is 5. The highest BCUT2D eigenvalue weighted by atomic mass is 35.5. The number of halogens is 1. The van der Waals surface area contributed by atoms with Crippen molar-refractivity contribution in [1.82, 2.24) is 9.29 Å². The van der Waals surface area contributed by atoms with Crippen LogP contribution in [-0.2, 0) is 14.8 Å². The summed E-state index contributed by atoms with van der Waals surface area (Å²) in [4.78, 5) is 20.1. The number of nitrogens with zero attached hydrogens (tertiary/aromatic N) is 3. The molecule has 184 valence electrons. The van der Waals surface area contributed by atoms with Gasteiger partial charge in [0.1, 0.15) is 5.82 Å². The topological polar surface area (TPSA) is 82.6 Å². The molecule has 2 fully saturated rings.